The molecular formula is C19H18N4O2. The highest BCUT2D eigenvalue weighted by Gasteiger charge is 2.23. The van der Waals surface area contributed by atoms with Gasteiger partial charge in [-0.3, -0.25) is 0 Å². The molecule has 0 amide bonds. The highest BCUT2D eigenvalue weighted by molar-refractivity contribution is 6.04. The van der Waals surface area contributed by atoms with E-state index in [2.05, 4.69) is 21.5 Å². The van der Waals surface area contributed by atoms with Gasteiger partial charge in [-0.1, -0.05) is 12.1 Å². The molecule has 0 fully saturated rings. The molecule has 126 valence electrons. The van der Waals surface area contributed by atoms with Crippen molar-refractivity contribution in [3.8, 4) is 0 Å². The number of aromatic nitrogens is 4. The number of aromatic carboxylic acids is 1. The average molecular weight is 334 g/mol. The molecule has 4 aromatic rings. The van der Waals surface area contributed by atoms with Crippen LogP contribution in [0.5, 0.6) is 0 Å². The number of para-hydroxylation sites is 2. The second-order valence-corrected chi connectivity index (χ2v) is 6.24. The van der Waals surface area contributed by atoms with Crippen LogP contribution in [-0.4, -0.2) is 30.2 Å². The zero-order valence-electron chi connectivity index (χ0n) is 14.0. The summed E-state index contributed by atoms with van der Waals surface area (Å²) in [4.78, 5) is 20.6. The molecular weight excluding hydrogens is 316 g/mol. The molecule has 0 bridgehead atoms. The lowest BCUT2D eigenvalue weighted by Gasteiger charge is -2.18. The molecule has 1 unspecified atom stereocenters. The first-order valence-electron chi connectivity index (χ1n) is 8.16. The van der Waals surface area contributed by atoms with Crippen LogP contribution in [0.15, 0.2) is 48.9 Å². The standard InChI is InChI=1S/C19H18N4O2/c1-12(10-22-11-21-15-7-3-4-8-16(15)22)23-13(2)17(19(24)25)14-6-5-9-20-18(14)23/h3-9,11-12H,10H2,1-2H3,(H,24,25). The number of carboxylic acid groups (broad SMARTS) is 1. The minimum Gasteiger partial charge on any atom is -0.478 e. The van der Waals surface area contributed by atoms with Crippen molar-refractivity contribution < 1.29 is 9.90 Å². The van der Waals surface area contributed by atoms with Gasteiger partial charge in [-0.2, -0.15) is 0 Å². The van der Waals surface area contributed by atoms with Crippen LogP contribution in [0.4, 0.5) is 0 Å². The Bertz CT molecular complexity index is 1090. The summed E-state index contributed by atoms with van der Waals surface area (Å²) in [5, 5.41) is 10.3. The van der Waals surface area contributed by atoms with Gasteiger partial charge in [0.1, 0.15) is 5.65 Å². The molecule has 0 aliphatic carbocycles. The molecule has 25 heavy (non-hydrogen) atoms. The number of carboxylic acids is 1. The number of hydrogen-bond donors (Lipinski definition) is 1. The van der Waals surface area contributed by atoms with Gasteiger partial charge >= 0.3 is 5.97 Å². The summed E-state index contributed by atoms with van der Waals surface area (Å²) in [5.41, 5.74) is 3.76. The fourth-order valence-electron chi connectivity index (χ4n) is 3.59. The first-order valence-corrected chi connectivity index (χ1v) is 8.16. The van der Waals surface area contributed by atoms with Gasteiger partial charge < -0.3 is 14.2 Å². The van der Waals surface area contributed by atoms with E-state index in [4.69, 9.17) is 0 Å². The van der Waals surface area contributed by atoms with Crippen LogP contribution in [0.25, 0.3) is 22.1 Å². The smallest absolute Gasteiger partial charge is 0.338 e. The molecule has 0 radical (unpaired) electrons. The van der Waals surface area contributed by atoms with Crippen LogP contribution >= 0.6 is 0 Å². The Morgan fingerprint density at radius 2 is 2.00 bits per heavy atom. The molecule has 6 nitrogen and oxygen atoms in total. The van der Waals surface area contributed by atoms with E-state index in [9.17, 15) is 9.90 Å². The van der Waals surface area contributed by atoms with Gasteiger partial charge in [0.25, 0.3) is 0 Å². The van der Waals surface area contributed by atoms with Gasteiger partial charge in [0.2, 0.25) is 0 Å². The molecule has 1 aromatic carbocycles. The predicted octanol–water partition coefficient (Wildman–Crippen LogP) is 3.65. The molecule has 4 rings (SSSR count). The Labute approximate surface area is 144 Å². The lowest BCUT2D eigenvalue weighted by molar-refractivity contribution is 0.0698. The molecule has 1 N–H and O–H groups in total. The van der Waals surface area contributed by atoms with Crippen LogP contribution < -0.4 is 0 Å². The summed E-state index contributed by atoms with van der Waals surface area (Å²) in [7, 11) is 0. The highest BCUT2D eigenvalue weighted by atomic mass is 16.4. The van der Waals surface area contributed by atoms with Crippen LogP contribution in [0.1, 0.15) is 29.0 Å². The number of rotatable bonds is 4. The average Bonchev–Trinajstić information content (AvgIpc) is 3.13. The Hall–Kier alpha value is -3.15. The second-order valence-electron chi connectivity index (χ2n) is 6.24. The molecule has 3 heterocycles. The van der Waals surface area contributed by atoms with Gasteiger partial charge in [0, 0.05) is 23.8 Å². The monoisotopic (exact) mass is 334 g/mol. The lowest BCUT2D eigenvalue weighted by Crippen LogP contribution is -2.15. The van der Waals surface area contributed by atoms with Crippen molar-refractivity contribution in [3.63, 3.8) is 0 Å². The molecule has 0 aliphatic heterocycles. The summed E-state index contributed by atoms with van der Waals surface area (Å²) in [6, 6.07) is 11.6. The van der Waals surface area contributed by atoms with Crippen LogP contribution in [-0.2, 0) is 6.54 Å². The number of benzene rings is 1. The molecule has 0 saturated carbocycles. The number of hydrogen-bond acceptors (Lipinski definition) is 3. The molecule has 0 spiro atoms. The van der Waals surface area contributed by atoms with Gasteiger partial charge in [-0.25, -0.2) is 14.8 Å². The highest BCUT2D eigenvalue weighted by Crippen LogP contribution is 2.28. The maximum atomic E-state index is 11.7. The van der Waals surface area contributed by atoms with E-state index in [-0.39, 0.29) is 6.04 Å². The van der Waals surface area contributed by atoms with Crippen LogP contribution in [0.2, 0.25) is 0 Å². The number of fused-ring (bicyclic) bond motifs is 2. The Morgan fingerprint density at radius 3 is 2.80 bits per heavy atom. The summed E-state index contributed by atoms with van der Waals surface area (Å²) < 4.78 is 4.10. The van der Waals surface area contributed by atoms with E-state index >= 15 is 0 Å². The van der Waals surface area contributed by atoms with Crippen molar-refractivity contribution in [1.82, 2.24) is 19.1 Å². The van der Waals surface area contributed by atoms with E-state index in [0.717, 1.165) is 16.7 Å². The zero-order chi connectivity index (χ0) is 17.6. The Kier molecular flexibility index (Phi) is 3.53. The Morgan fingerprint density at radius 1 is 1.20 bits per heavy atom. The Balaban J connectivity index is 1.81. The van der Waals surface area contributed by atoms with Gasteiger partial charge in [-0.15, -0.1) is 0 Å². The second kappa shape index (κ2) is 5.73. The van der Waals surface area contributed by atoms with E-state index in [0.29, 0.717) is 23.1 Å². The minimum atomic E-state index is -0.922. The number of nitrogens with zero attached hydrogens (tertiary/aromatic N) is 4. The molecule has 1 atom stereocenters. The van der Waals surface area contributed by atoms with Crippen LogP contribution in [0.3, 0.4) is 0 Å². The molecule has 6 heteroatoms. The number of imidazole rings is 1. The third kappa shape index (κ3) is 2.38. The third-order valence-corrected chi connectivity index (χ3v) is 4.65. The fraction of sp³-hybridized carbons (Fsp3) is 0.211. The van der Waals surface area contributed by atoms with E-state index < -0.39 is 5.97 Å². The lowest BCUT2D eigenvalue weighted by atomic mass is 10.2. The van der Waals surface area contributed by atoms with E-state index in [1.807, 2.05) is 48.1 Å². The summed E-state index contributed by atoms with van der Waals surface area (Å²) >= 11 is 0. The van der Waals surface area contributed by atoms with E-state index in [1.54, 1.807) is 12.3 Å². The third-order valence-electron chi connectivity index (χ3n) is 4.65. The summed E-state index contributed by atoms with van der Waals surface area (Å²) in [6.45, 7) is 4.59. The zero-order valence-corrected chi connectivity index (χ0v) is 14.0. The first kappa shape index (κ1) is 15.4. The van der Waals surface area contributed by atoms with E-state index in [1.165, 1.54) is 0 Å². The fourth-order valence-corrected chi connectivity index (χ4v) is 3.59. The number of carbonyl (C=O) groups is 1. The maximum Gasteiger partial charge on any atom is 0.338 e. The minimum absolute atomic E-state index is 0.0307. The van der Waals surface area contributed by atoms with Crippen molar-refractivity contribution in [2.45, 2.75) is 26.4 Å². The number of pyridine rings is 1. The van der Waals surface area contributed by atoms with Crippen molar-refractivity contribution in [1.29, 1.82) is 0 Å². The predicted molar refractivity (Wildman–Crippen MR) is 95.9 cm³/mol. The first-order chi connectivity index (χ1) is 12.1. The molecule has 3 aromatic heterocycles. The van der Waals surface area contributed by atoms with Crippen molar-refractivity contribution in [2.75, 3.05) is 0 Å². The van der Waals surface area contributed by atoms with Gasteiger partial charge in [0.05, 0.1) is 29.0 Å². The largest absolute Gasteiger partial charge is 0.478 e. The topological polar surface area (TPSA) is 72.9 Å². The van der Waals surface area contributed by atoms with Gasteiger partial charge in [-0.05, 0) is 38.1 Å². The SMILES string of the molecule is Cc1c(C(=O)O)c2cccnc2n1C(C)Cn1cnc2ccccc21. The maximum absolute atomic E-state index is 11.7. The summed E-state index contributed by atoms with van der Waals surface area (Å²) in [5.74, 6) is -0.922. The quantitative estimate of drug-likeness (QED) is 0.618. The van der Waals surface area contributed by atoms with Crippen molar-refractivity contribution >= 4 is 28.0 Å². The molecule has 0 aliphatic rings. The summed E-state index contributed by atoms with van der Waals surface area (Å²) in [6.07, 6.45) is 3.52. The van der Waals surface area contributed by atoms with Crippen molar-refractivity contribution in [3.05, 3.63) is 60.2 Å². The van der Waals surface area contributed by atoms with Crippen molar-refractivity contribution in [2.24, 2.45) is 0 Å². The molecule has 0 saturated heterocycles. The van der Waals surface area contributed by atoms with Crippen LogP contribution in [0, 0.1) is 6.92 Å². The van der Waals surface area contributed by atoms with Gasteiger partial charge in [0.15, 0.2) is 0 Å². The normalized spacial score (nSPS) is 12.7.